The topological polar surface area (TPSA) is 78.4 Å². The molecule has 1 aromatic carbocycles. The number of aliphatic imine (C=N–C) groups is 1. The lowest BCUT2D eigenvalue weighted by atomic mass is 10.1. The van der Waals surface area contributed by atoms with Crippen molar-refractivity contribution in [3.8, 4) is 11.9 Å². The number of aromatic nitrogens is 1. The molecule has 0 saturated carbocycles. The number of para-hydroxylation sites is 1. The number of allylic oxidation sites excluding steroid dienone is 1. The van der Waals surface area contributed by atoms with E-state index in [9.17, 15) is 15.2 Å². The number of halogens is 1. The summed E-state index contributed by atoms with van der Waals surface area (Å²) in [6, 6.07) is 9.24. The van der Waals surface area contributed by atoms with E-state index in [2.05, 4.69) is 27.5 Å². The standard InChI is InChI=1S/C17H14BrN3O2/c1-3-8-21-16(22)12(9-19)11(2)13(17(21)23)10-20-15-7-5-4-6-14(15)18/h3-7,10,23H,1,8H2,2H3. The molecule has 1 aromatic heterocycles. The Morgan fingerprint density at radius 2 is 2.17 bits per heavy atom. The second kappa shape index (κ2) is 7.07. The molecule has 0 saturated heterocycles. The molecule has 5 nitrogen and oxygen atoms in total. The molecule has 0 aliphatic heterocycles. The van der Waals surface area contributed by atoms with Gasteiger partial charge in [-0.1, -0.05) is 18.2 Å². The summed E-state index contributed by atoms with van der Waals surface area (Å²) in [4.78, 5) is 16.5. The van der Waals surface area contributed by atoms with Crippen LogP contribution >= 0.6 is 15.9 Å². The van der Waals surface area contributed by atoms with E-state index in [1.165, 1.54) is 12.3 Å². The molecule has 0 bridgehead atoms. The summed E-state index contributed by atoms with van der Waals surface area (Å²) in [5.74, 6) is -0.234. The highest BCUT2D eigenvalue weighted by molar-refractivity contribution is 9.10. The zero-order chi connectivity index (χ0) is 17.0. The van der Waals surface area contributed by atoms with E-state index in [1.54, 1.807) is 13.0 Å². The zero-order valence-corrected chi connectivity index (χ0v) is 14.0. The van der Waals surface area contributed by atoms with Gasteiger partial charge in [0.05, 0.1) is 11.3 Å². The maximum atomic E-state index is 12.2. The summed E-state index contributed by atoms with van der Waals surface area (Å²) in [5, 5.41) is 19.6. The maximum Gasteiger partial charge on any atom is 0.271 e. The number of hydrogen-bond donors (Lipinski definition) is 1. The van der Waals surface area contributed by atoms with Crippen LogP contribution in [0, 0.1) is 18.3 Å². The van der Waals surface area contributed by atoms with Crippen molar-refractivity contribution in [3.05, 3.63) is 68.4 Å². The van der Waals surface area contributed by atoms with Crippen LogP contribution in [0.25, 0.3) is 0 Å². The molecular weight excluding hydrogens is 358 g/mol. The molecule has 0 unspecified atom stereocenters. The van der Waals surface area contributed by atoms with Crippen LogP contribution < -0.4 is 5.56 Å². The molecule has 0 aliphatic carbocycles. The van der Waals surface area contributed by atoms with Crippen LogP contribution in [0.15, 0.2) is 51.2 Å². The second-order valence-corrected chi connectivity index (χ2v) is 5.62. The van der Waals surface area contributed by atoms with Crippen molar-refractivity contribution in [2.45, 2.75) is 13.5 Å². The van der Waals surface area contributed by atoms with Gasteiger partial charge in [-0.25, -0.2) is 0 Å². The van der Waals surface area contributed by atoms with E-state index in [4.69, 9.17) is 0 Å². The normalized spacial score (nSPS) is 10.7. The number of rotatable bonds is 4. The first-order valence-electron chi connectivity index (χ1n) is 6.77. The second-order valence-electron chi connectivity index (χ2n) is 4.76. The Bertz CT molecular complexity index is 892. The third-order valence-corrected chi connectivity index (χ3v) is 4.01. The van der Waals surface area contributed by atoms with Crippen LogP contribution in [0.2, 0.25) is 0 Å². The van der Waals surface area contributed by atoms with Gasteiger partial charge in [-0.3, -0.25) is 14.4 Å². The Labute approximate surface area is 142 Å². The molecule has 0 aliphatic rings. The number of hydrogen-bond acceptors (Lipinski definition) is 4. The number of pyridine rings is 1. The third kappa shape index (κ3) is 3.25. The number of aromatic hydroxyl groups is 1. The number of nitrogens with zero attached hydrogens (tertiary/aromatic N) is 3. The molecule has 2 rings (SSSR count). The summed E-state index contributed by atoms with van der Waals surface area (Å²) < 4.78 is 1.90. The van der Waals surface area contributed by atoms with Crippen LogP contribution in [0.1, 0.15) is 16.7 Å². The minimum atomic E-state index is -0.541. The van der Waals surface area contributed by atoms with Crippen molar-refractivity contribution in [2.24, 2.45) is 4.99 Å². The Morgan fingerprint density at radius 1 is 1.48 bits per heavy atom. The Kier molecular flexibility index (Phi) is 5.14. The van der Waals surface area contributed by atoms with E-state index in [1.807, 2.05) is 24.3 Å². The smallest absolute Gasteiger partial charge is 0.271 e. The van der Waals surface area contributed by atoms with Crippen molar-refractivity contribution in [2.75, 3.05) is 0 Å². The lowest BCUT2D eigenvalue weighted by molar-refractivity contribution is 0.414. The minimum absolute atomic E-state index is 0.0155. The summed E-state index contributed by atoms with van der Waals surface area (Å²) in [7, 11) is 0. The van der Waals surface area contributed by atoms with Gasteiger partial charge >= 0.3 is 0 Å². The summed E-state index contributed by atoms with van der Waals surface area (Å²) in [5.41, 5.74) is 0.842. The Balaban J connectivity index is 2.65. The zero-order valence-electron chi connectivity index (χ0n) is 12.5. The molecule has 1 N–H and O–H groups in total. The van der Waals surface area contributed by atoms with Crippen molar-refractivity contribution in [1.82, 2.24) is 4.57 Å². The minimum Gasteiger partial charge on any atom is -0.494 e. The Morgan fingerprint density at radius 3 is 2.78 bits per heavy atom. The molecule has 116 valence electrons. The van der Waals surface area contributed by atoms with E-state index in [0.29, 0.717) is 16.8 Å². The first kappa shape index (κ1) is 16.7. The maximum absolute atomic E-state index is 12.2. The third-order valence-electron chi connectivity index (χ3n) is 3.34. The monoisotopic (exact) mass is 371 g/mol. The molecule has 23 heavy (non-hydrogen) atoms. The lowest BCUT2D eigenvalue weighted by Crippen LogP contribution is -2.24. The van der Waals surface area contributed by atoms with Gasteiger partial charge in [0.2, 0.25) is 5.88 Å². The van der Waals surface area contributed by atoms with Gasteiger partial charge in [-0.05, 0) is 40.5 Å². The highest BCUT2D eigenvalue weighted by Gasteiger charge is 2.17. The molecule has 6 heteroatoms. The van der Waals surface area contributed by atoms with E-state index < -0.39 is 5.56 Å². The van der Waals surface area contributed by atoms with Crippen molar-refractivity contribution >= 4 is 27.8 Å². The quantitative estimate of drug-likeness (QED) is 0.660. The predicted molar refractivity (Wildman–Crippen MR) is 93.4 cm³/mol. The van der Waals surface area contributed by atoms with Crippen LogP contribution in [0.3, 0.4) is 0 Å². The predicted octanol–water partition coefficient (Wildman–Crippen LogP) is 3.43. The van der Waals surface area contributed by atoms with Gasteiger partial charge in [0, 0.05) is 17.2 Å². The molecule has 0 fully saturated rings. The molecule has 1 heterocycles. The highest BCUT2D eigenvalue weighted by atomic mass is 79.9. The van der Waals surface area contributed by atoms with E-state index in [0.717, 1.165) is 9.04 Å². The van der Waals surface area contributed by atoms with E-state index in [-0.39, 0.29) is 18.0 Å². The van der Waals surface area contributed by atoms with Gasteiger partial charge in [0.25, 0.3) is 5.56 Å². The number of nitriles is 1. The number of benzene rings is 1. The lowest BCUT2D eigenvalue weighted by Gasteiger charge is -2.12. The molecule has 0 spiro atoms. The largest absolute Gasteiger partial charge is 0.494 e. The van der Waals surface area contributed by atoms with Crippen molar-refractivity contribution < 1.29 is 5.11 Å². The first-order valence-corrected chi connectivity index (χ1v) is 7.56. The molecule has 0 amide bonds. The SMILES string of the molecule is C=CCn1c(O)c(C=Nc2ccccc2Br)c(C)c(C#N)c1=O. The van der Waals surface area contributed by atoms with Gasteiger partial charge in [-0.15, -0.1) is 6.58 Å². The first-order chi connectivity index (χ1) is 11.0. The van der Waals surface area contributed by atoms with E-state index >= 15 is 0 Å². The summed E-state index contributed by atoms with van der Waals surface area (Å²) in [6.45, 7) is 5.27. The van der Waals surface area contributed by atoms with Gasteiger partial charge < -0.3 is 5.11 Å². The average Bonchev–Trinajstić information content (AvgIpc) is 2.53. The fraction of sp³-hybridized carbons (Fsp3) is 0.118. The summed E-state index contributed by atoms with van der Waals surface area (Å²) in [6.07, 6.45) is 2.93. The molecule has 2 aromatic rings. The van der Waals surface area contributed by atoms with Gasteiger partial charge in [0.15, 0.2) is 0 Å². The average molecular weight is 372 g/mol. The van der Waals surface area contributed by atoms with Gasteiger partial charge in [0.1, 0.15) is 11.6 Å². The highest BCUT2D eigenvalue weighted by Crippen LogP contribution is 2.26. The van der Waals surface area contributed by atoms with Crippen LogP contribution in [0.5, 0.6) is 5.88 Å². The fourth-order valence-corrected chi connectivity index (χ4v) is 2.50. The van der Waals surface area contributed by atoms with Crippen LogP contribution in [-0.4, -0.2) is 15.9 Å². The van der Waals surface area contributed by atoms with Crippen molar-refractivity contribution in [1.29, 1.82) is 5.26 Å². The van der Waals surface area contributed by atoms with Crippen LogP contribution in [0.4, 0.5) is 5.69 Å². The van der Waals surface area contributed by atoms with Crippen molar-refractivity contribution in [3.63, 3.8) is 0 Å². The Hall–Kier alpha value is -2.65. The molecule has 0 radical (unpaired) electrons. The van der Waals surface area contributed by atoms with Crippen LogP contribution in [-0.2, 0) is 6.54 Å². The molecule has 0 atom stereocenters. The molecular formula is C17H14BrN3O2. The van der Waals surface area contributed by atoms with Gasteiger partial charge in [-0.2, -0.15) is 5.26 Å². The fourth-order valence-electron chi connectivity index (χ4n) is 2.11. The summed E-state index contributed by atoms with van der Waals surface area (Å²) >= 11 is 3.39.